The van der Waals surface area contributed by atoms with Crippen molar-refractivity contribution in [1.82, 2.24) is 9.97 Å². The molecule has 0 spiro atoms. The van der Waals surface area contributed by atoms with Crippen LogP contribution in [0.4, 0.5) is 5.13 Å². The van der Waals surface area contributed by atoms with Crippen molar-refractivity contribution in [3.05, 3.63) is 83.7 Å². The fourth-order valence-corrected chi connectivity index (χ4v) is 4.42. The normalized spacial score (nSPS) is 11.1. The average Bonchev–Trinajstić information content (AvgIpc) is 3.22. The molecule has 1 amide bonds. The third kappa shape index (κ3) is 4.75. The van der Waals surface area contributed by atoms with Gasteiger partial charge in [0, 0.05) is 12.4 Å². The highest BCUT2D eigenvalue weighted by atomic mass is 32.1. The van der Waals surface area contributed by atoms with Crippen molar-refractivity contribution in [1.29, 1.82) is 0 Å². The molecule has 5 nitrogen and oxygen atoms in total. The van der Waals surface area contributed by atoms with E-state index in [-0.39, 0.29) is 5.91 Å². The summed E-state index contributed by atoms with van der Waals surface area (Å²) in [4.78, 5) is 24.1. The van der Waals surface area contributed by atoms with E-state index in [1.807, 2.05) is 42.5 Å². The molecular weight excluding hydrogens is 406 g/mol. The van der Waals surface area contributed by atoms with Crippen LogP contribution in [-0.4, -0.2) is 23.0 Å². The SMILES string of the molecule is COc1cccc2sc(N(Cc3cccnc3)C(=O)Cc3ccc(C(C)C)cc3)nc12. The lowest BCUT2D eigenvalue weighted by molar-refractivity contribution is -0.118. The van der Waals surface area contributed by atoms with Gasteiger partial charge in [-0.1, -0.05) is 61.6 Å². The molecule has 4 aromatic rings. The van der Waals surface area contributed by atoms with Crippen LogP contribution >= 0.6 is 11.3 Å². The number of thiazole rings is 1. The van der Waals surface area contributed by atoms with Crippen molar-refractivity contribution in [3.8, 4) is 5.75 Å². The minimum Gasteiger partial charge on any atom is -0.494 e. The Morgan fingerprint density at radius 2 is 1.87 bits per heavy atom. The number of rotatable bonds is 7. The second kappa shape index (κ2) is 9.27. The summed E-state index contributed by atoms with van der Waals surface area (Å²) < 4.78 is 6.44. The third-order valence-corrected chi connectivity index (χ3v) is 6.23. The van der Waals surface area contributed by atoms with Crippen LogP contribution in [-0.2, 0) is 17.8 Å². The van der Waals surface area contributed by atoms with E-state index in [0.29, 0.717) is 29.8 Å². The number of hydrogen-bond donors (Lipinski definition) is 0. The maximum atomic E-state index is 13.4. The number of pyridine rings is 1. The van der Waals surface area contributed by atoms with Gasteiger partial charge in [0.1, 0.15) is 11.3 Å². The molecule has 0 radical (unpaired) electrons. The monoisotopic (exact) mass is 431 g/mol. The van der Waals surface area contributed by atoms with Gasteiger partial charge in [0.25, 0.3) is 0 Å². The summed E-state index contributed by atoms with van der Waals surface area (Å²) in [5.74, 6) is 1.17. The van der Waals surface area contributed by atoms with Crippen LogP contribution in [0.3, 0.4) is 0 Å². The number of hydrogen-bond acceptors (Lipinski definition) is 5. The fraction of sp³-hybridized carbons (Fsp3) is 0.240. The Morgan fingerprint density at radius 3 is 2.55 bits per heavy atom. The molecule has 0 saturated heterocycles. The minimum absolute atomic E-state index is 0.000766. The largest absolute Gasteiger partial charge is 0.494 e. The number of carbonyl (C=O) groups is 1. The number of methoxy groups -OCH3 is 1. The average molecular weight is 432 g/mol. The van der Waals surface area contributed by atoms with Gasteiger partial charge in [-0.25, -0.2) is 4.98 Å². The fourth-order valence-electron chi connectivity index (χ4n) is 3.42. The Bertz CT molecular complexity index is 1170. The van der Waals surface area contributed by atoms with Gasteiger partial charge >= 0.3 is 0 Å². The molecule has 0 aliphatic carbocycles. The van der Waals surface area contributed by atoms with Gasteiger partial charge in [0.05, 0.1) is 24.8 Å². The molecule has 0 fully saturated rings. The van der Waals surface area contributed by atoms with Crippen LogP contribution < -0.4 is 9.64 Å². The Labute approximate surface area is 186 Å². The first-order valence-corrected chi connectivity index (χ1v) is 11.1. The summed E-state index contributed by atoms with van der Waals surface area (Å²) in [5, 5.41) is 0.659. The molecule has 0 saturated carbocycles. The predicted molar refractivity (Wildman–Crippen MR) is 126 cm³/mol. The van der Waals surface area contributed by atoms with Crippen molar-refractivity contribution in [2.24, 2.45) is 0 Å². The molecule has 2 aromatic heterocycles. The summed E-state index contributed by atoms with van der Waals surface area (Å²) >= 11 is 1.49. The lowest BCUT2D eigenvalue weighted by Crippen LogP contribution is -2.31. The molecule has 158 valence electrons. The minimum atomic E-state index is -0.000766. The van der Waals surface area contributed by atoms with Gasteiger partial charge < -0.3 is 4.74 Å². The highest BCUT2D eigenvalue weighted by Crippen LogP contribution is 2.35. The first kappa shape index (κ1) is 21.0. The van der Waals surface area contributed by atoms with E-state index in [1.165, 1.54) is 16.9 Å². The smallest absolute Gasteiger partial charge is 0.233 e. The first-order valence-electron chi connectivity index (χ1n) is 10.3. The van der Waals surface area contributed by atoms with Crippen LogP contribution in [0.25, 0.3) is 10.2 Å². The molecular formula is C25H25N3O2S. The first-order chi connectivity index (χ1) is 15.0. The zero-order chi connectivity index (χ0) is 21.8. The standard InChI is InChI=1S/C25H25N3O2S/c1-17(2)20-11-9-18(10-12-20)14-23(29)28(16-19-6-5-13-26-15-19)25-27-24-21(30-3)7-4-8-22(24)31-25/h4-13,15,17H,14,16H2,1-3H3. The number of benzene rings is 2. The molecule has 0 aliphatic rings. The van der Waals surface area contributed by atoms with Crippen molar-refractivity contribution in [3.63, 3.8) is 0 Å². The molecule has 2 aromatic carbocycles. The zero-order valence-corrected chi connectivity index (χ0v) is 18.7. The Balaban J connectivity index is 1.66. The third-order valence-electron chi connectivity index (χ3n) is 5.19. The molecule has 4 rings (SSSR count). The lowest BCUT2D eigenvalue weighted by atomic mass is 10.0. The number of carbonyl (C=O) groups excluding carboxylic acids is 1. The van der Waals surface area contributed by atoms with E-state index >= 15 is 0 Å². The molecule has 6 heteroatoms. The van der Waals surface area contributed by atoms with E-state index < -0.39 is 0 Å². The molecule has 0 bridgehead atoms. The number of fused-ring (bicyclic) bond motifs is 1. The molecule has 0 unspecified atom stereocenters. The molecule has 0 aliphatic heterocycles. The summed E-state index contributed by atoms with van der Waals surface area (Å²) in [6.45, 7) is 4.74. The van der Waals surface area contributed by atoms with Crippen molar-refractivity contribution < 1.29 is 9.53 Å². The van der Waals surface area contributed by atoms with Crippen LogP contribution in [0, 0.1) is 0 Å². The number of ether oxygens (including phenoxy) is 1. The number of amides is 1. The summed E-state index contributed by atoms with van der Waals surface area (Å²) in [6, 6.07) is 17.9. The summed E-state index contributed by atoms with van der Waals surface area (Å²) in [7, 11) is 1.63. The topological polar surface area (TPSA) is 55.3 Å². The van der Waals surface area contributed by atoms with Gasteiger partial charge in [0.2, 0.25) is 5.91 Å². The maximum absolute atomic E-state index is 13.4. The van der Waals surface area contributed by atoms with E-state index in [0.717, 1.165) is 21.3 Å². The van der Waals surface area contributed by atoms with Gasteiger partial charge in [-0.3, -0.25) is 14.7 Å². The van der Waals surface area contributed by atoms with Crippen molar-refractivity contribution >= 4 is 32.6 Å². The van der Waals surface area contributed by atoms with E-state index in [1.54, 1.807) is 24.4 Å². The quantitative estimate of drug-likeness (QED) is 0.382. The maximum Gasteiger partial charge on any atom is 0.233 e. The van der Waals surface area contributed by atoms with Crippen molar-refractivity contribution in [2.75, 3.05) is 12.0 Å². The van der Waals surface area contributed by atoms with Crippen LogP contribution in [0.2, 0.25) is 0 Å². The molecule has 31 heavy (non-hydrogen) atoms. The Morgan fingerprint density at radius 1 is 1.06 bits per heavy atom. The van der Waals surface area contributed by atoms with E-state index in [4.69, 9.17) is 9.72 Å². The second-order valence-electron chi connectivity index (χ2n) is 7.72. The van der Waals surface area contributed by atoms with Crippen molar-refractivity contribution in [2.45, 2.75) is 32.7 Å². The number of anilines is 1. The zero-order valence-electron chi connectivity index (χ0n) is 17.9. The Kier molecular flexibility index (Phi) is 6.28. The number of nitrogens with zero attached hydrogens (tertiary/aromatic N) is 3. The summed E-state index contributed by atoms with van der Waals surface area (Å²) in [6.07, 6.45) is 3.83. The second-order valence-corrected chi connectivity index (χ2v) is 8.73. The van der Waals surface area contributed by atoms with Gasteiger partial charge in [-0.05, 0) is 40.8 Å². The van der Waals surface area contributed by atoms with Gasteiger partial charge in [-0.15, -0.1) is 0 Å². The highest BCUT2D eigenvalue weighted by Gasteiger charge is 2.22. The predicted octanol–water partition coefficient (Wildman–Crippen LogP) is 5.60. The molecule has 2 heterocycles. The van der Waals surface area contributed by atoms with E-state index in [2.05, 4.69) is 31.0 Å². The van der Waals surface area contributed by atoms with Gasteiger partial charge in [-0.2, -0.15) is 0 Å². The Hall–Kier alpha value is -3.25. The van der Waals surface area contributed by atoms with E-state index in [9.17, 15) is 4.79 Å². The summed E-state index contributed by atoms with van der Waals surface area (Å²) in [5.41, 5.74) is 3.98. The van der Waals surface area contributed by atoms with Crippen LogP contribution in [0.1, 0.15) is 36.5 Å². The molecule has 0 N–H and O–H groups in total. The van der Waals surface area contributed by atoms with Crippen LogP contribution in [0.15, 0.2) is 67.0 Å². The van der Waals surface area contributed by atoms with Gasteiger partial charge in [0.15, 0.2) is 5.13 Å². The highest BCUT2D eigenvalue weighted by molar-refractivity contribution is 7.22. The lowest BCUT2D eigenvalue weighted by Gasteiger charge is -2.20. The number of para-hydroxylation sites is 1. The number of aromatic nitrogens is 2. The molecule has 0 atom stereocenters. The van der Waals surface area contributed by atoms with Crippen LogP contribution in [0.5, 0.6) is 5.75 Å².